The highest BCUT2D eigenvalue weighted by Gasteiger charge is 2.29. The lowest BCUT2D eigenvalue weighted by Gasteiger charge is -2.34. The summed E-state index contributed by atoms with van der Waals surface area (Å²) < 4.78 is 1.72. The van der Waals surface area contributed by atoms with Gasteiger partial charge in [0.2, 0.25) is 5.91 Å². The van der Waals surface area contributed by atoms with Gasteiger partial charge in [-0.25, -0.2) is 9.97 Å². The van der Waals surface area contributed by atoms with Gasteiger partial charge in [0.1, 0.15) is 16.5 Å². The molecule has 0 aromatic carbocycles. The van der Waals surface area contributed by atoms with Crippen LogP contribution in [0.2, 0.25) is 0 Å². The monoisotopic (exact) mass is 384 g/mol. The lowest BCUT2D eigenvalue weighted by molar-refractivity contribution is -0.117. The van der Waals surface area contributed by atoms with Gasteiger partial charge in [0.15, 0.2) is 0 Å². The lowest BCUT2D eigenvalue weighted by Crippen LogP contribution is -2.51. The van der Waals surface area contributed by atoms with Crippen LogP contribution in [0.4, 0.5) is 11.5 Å². The first kappa shape index (κ1) is 17.9. The third-order valence-corrected chi connectivity index (χ3v) is 5.67. The topological polar surface area (TPSA) is 67.2 Å². The first-order chi connectivity index (χ1) is 12.9. The molecule has 0 unspecified atom stereocenters. The highest BCUT2D eigenvalue weighted by molar-refractivity contribution is 7.17. The van der Waals surface area contributed by atoms with Crippen molar-refractivity contribution in [1.29, 1.82) is 0 Å². The molecule has 0 N–H and O–H groups in total. The van der Waals surface area contributed by atoms with Crippen molar-refractivity contribution in [2.75, 3.05) is 29.4 Å². The number of thiophene rings is 1. The van der Waals surface area contributed by atoms with Gasteiger partial charge in [-0.3, -0.25) is 9.48 Å². The molecule has 0 atom stereocenters. The van der Waals surface area contributed by atoms with E-state index < -0.39 is 0 Å². The van der Waals surface area contributed by atoms with Crippen LogP contribution in [-0.2, 0) is 18.3 Å². The molecule has 4 rings (SSSR count). The highest BCUT2D eigenvalue weighted by atomic mass is 32.1. The number of rotatable bonds is 4. The van der Waals surface area contributed by atoms with Gasteiger partial charge < -0.3 is 9.80 Å². The van der Waals surface area contributed by atoms with Gasteiger partial charge >= 0.3 is 0 Å². The number of aryl methyl sites for hydroxylation is 2. The largest absolute Gasteiger partial charge is 0.345 e. The Bertz CT molecular complexity index is 991. The standard InChI is InChI=1S/C19H24N6OS/c1-12(2)7-14-11-27-19-17(14)18(21-13(3)22-19)24-5-6-25(16(26)10-24)15-8-20-23(4)9-15/h8-9,11-12H,5-7,10H2,1-4H3. The third-order valence-electron chi connectivity index (χ3n) is 4.75. The Morgan fingerprint density at radius 1 is 1.26 bits per heavy atom. The number of fused-ring (bicyclic) bond motifs is 1. The summed E-state index contributed by atoms with van der Waals surface area (Å²) in [6.45, 7) is 8.03. The van der Waals surface area contributed by atoms with Crippen LogP contribution in [0.5, 0.6) is 0 Å². The first-order valence-electron chi connectivity index (χ1n) is 9.21. The molecule has 142 valence electrons. The lowest BCUT2D eigenvalue weighted by atomic mass is 10.0. The van der Waals surface area contributed by atoms with E-state index in [1.165, 1.54) is 5.56 Å². The van der Waals surface area contributed by atoms with Gasteiger partial charge in [0.25, 0.3) is 0 Å². The molecular formula is C19H24N6OS. The van der Waals surface area contributed by atoms with E-state index in [2.05, 4.69) is 34.2 Å². The molecule has 1 amide bonds. The van der Waals surface area contributed by atoms with E-state index in [0.29, 0.717) is 19.0 Å². The maximum Gasteiger partial charge on any atom is 0.246 e. The molecule has 27 heavy (non-hydrogen) atoms. The molecule has 0 aliphatic carbocycles. The molecule has 0 spiro atoms. The first-order valence-corrected chi connectivity index (χ1v) is 10.1. The number of anilines is 2. The molecule has 0 bridgehead atoms. The van der Waals surface area contributed by atoms with Crippen molar-refractivity contribution in [3.63, 3.8) is 0 Å². The van der Waals surface area contributed by atoms with Crippen LogP contribution in [-0.4, -0.2) is 45.3 Å². The Morgan fingerprint density at radius 2 is 2.07 bits per heavy atom. The molecule has 3 aromatic rings. The molecule has 0 radical (unpaired) electrons. The molecule has 1 aliphatic heterocycles. The second-order valence-electron chi connectivity index (χ2n) is 7.47. The normalized spacial score (nSPS) is 15.4. The number of hydrogen-bond acceptors (Lipinski definition) is 6. The van der Waals surface area contributed by atoms with Crippen LogP contribution < -0.4 is 9.80 Å². The summed E-state index contributed by atoms with van der Waals surface area (Å²) in [6, 6.07) is 0. The predicted octanol–water partition coefficient (Wildman–Crippen LogP) is 2.78. The summed E-state index contributed by atoms with van der Waals surface area (Å²) in [5.74, 6) is 2.27. The Balaban J connectivity index is 1.66. The molecule has 7 nitrogen and oxygen atoms in total. The Morgan fingerprint density at radius 3 is 2.74 bits per heavy atom. The fraction of sp³-hybridized carbons (Fsp3) is 0.474. The number of piperazine rings is 1. The van der Waals surface area contributed by atoms with Crippen molar-refractivity contribution in [1.82, 2.24) is 19.7 Å². The number of aromatic nitrogens is 4. The SMILES string of the molecule is Cc1nc(N2CCN(c3cnn(C)c3)C(=O)C2)c2c(CC(C)C)csc2n1. The minimum absolute atomic E-state index is 0.0688. The van der Waals surface area contributed by atoms with Gasteiger partial charge in [-0.1, -0.05) is 13.8 Å². The summed E-state index contributed by atoms with van der Waals surface area (Å²) >= 11 is 1.67. The molecule has 4 heterocycles. The molecule has 3 aromatic heterocycles. The minimum Gasteiger partial charge on any atom is -0.345 e. The second kappa shape index (κ2) is 6.92. The van der Waals surface area contributed by atoms with Crippen LogP contribution in [0.1, 0.15) is 25.2 Å². The Labute approximate surface area is 162 Å². The van der Waals surface area contributed by atoms with Crippen molar-refractivity contribution in [3.05, 3.63) is 29.2 Å². The summed E-state index contributed by atoms with van der Waals surface area (Å²) in [7, 11) is 1.86. The van der Waals surface area contributed by atoms with Crippen LogP contribution in [0.3, 0.4) is 0 Å². The zero-order valence-corrected chi connectivity index (χ0v) is 17.0. The van der Waals surface area contributed by atoms with Gasteiger partial charge in [-0.05, 0) is 30.2 Å². The summed E-state index contributed by atoms with van der Waals surface area (Å²) in [4.78, 5) is 27.1. The van der Waals surface area contributed by atoms with Crippen LogP contribution in [0.15, 0.2) is 17.8 Å². The number of carbonyl (C=O) groups is 1. The fourth-order valence-electron chi connectivity index (χ4n) is 3.58. The summed E-state index contributed by atoms with van der Waals surface area (Å²) in [5, 5.41) is 7.48. The maximum atomic E-state index is 12.8. The third kappa shape index (κ3) is 3.41. The quantitative estimate of drug-likeness (QED) is 0.692. The van der Waals surface area contributed by atoms with E-state index in [1.54, 1.807) is 27.1 Å². The molecule has 8 heteroatoms. The number of carbonyl (C=O) groups excluding carboxylic acids is 1. The van der Waals surface area contributed by atoms with Crippen molar-refractivity contribution < 1.29 is 4.79 Å². The number of hydrogen-bond donors (Lipinski definition) is 0. The van der Waals surface area contributed by atoms with Crippen molar-refractivity contribution >= 4 is 39.0 Å². The van der Waals surface area contributed by atoms with E-state index in [-0.39, 0.29) is 5.91 Å². The van der Waals surface area contributed by atoms with E-state index >= 15 is 0 Å². The molecule has 1 aliphatic rings. The van der Waals surface area contributed by atoms with E-state index in [9.17, 15) is 4.79 Å². The van der Waals surface area contributed by atoms with Gasteiger partial charge in [0.05, 0.1) is 23.8 Å². The average molecular weight is 385 g/mol. The van der Waals surface area contributed by atoms with Crippen molar-refractivity contribution in [2.24, 2.45) is 13.0 Å². The maximum absolute atomic E-state index is 12.8. The summed E-state index contributed by atoms with van der Waals surface area (Å²) in [6.07, 6.45) is 4.60. The van der Waals surface area contributed by atoms with Crippen LogP contribution in [0, 0.1) is 12.8 Å². The van der Waals surface area contributed by atoms with Crippen molar-refractivity contribution in [3.8, 4) is 0 Å². The van der Waals surface area contributed by atoms with Crippen molar-refractivity contribution in [2.45, 2.75) is 27.2 Å². The highest BCUT2D eigenvalue weighted by Crippen LogP contribution is 2.34. The van der Waals surface area contributed by atoms with Gasteiger partial charge in [-0.2, -0.15) is 5.10 Å². The molecular weight excluding hydrogens is 360 g/mol. The van der Waals surface area contributed by atoms with E-state index in [1.807, 2.05) is 20.2 Å². The average Bonchev–Trinajstić information content (AvgIpc) is 3.20. The smallest absolute Gasteiger partial charge is 0.246 e. The van der Waals surface area contributed by atoms with Crippen LogP contribution >= 0.6 is 11.3 Å². The molecule has 1 fully saturated rings. The van der Waals surface area contributed by atoms with E-state index in [0.717, 1.165) is 40.5 Å². The predicted molar refractivity (Wildman–Crippen MR) is 108 cm³/mol. The summed E-state index contributed by atoms with van der Waals surface area (Å²) in [5.41, 5.74) is 2.13. The number of nitrogens with zero attached hydrogens (tertiary/aromatic N) is 6. The fourth-order valence-corrected chi connectivity index (χ4v) is 4.57. The molecule has 1 saturated heterocycles. The van der Waals surface area contributed by atoms with Crippen LogP contribution in [0.25, 0.3) is 10.2 Å². The van der Waals surface area contributed by atoms with Gasteiger partial charge in [-0.15, -0.1) is 11.3 Å². The Kier molecular flexibility index (Phi) is 4.59. The minimum atomic E-state index is 0.0688. The zero-order chi connectivity index (χ0) is 19.1. The van der Waals surface area contributed by atoms with Gasteiger partial charge in [0, 0.05) is 26.3 Å². The second-order valence-corrected chi connectivity index (χ2v) is 8.33. The van der Waals surface area contributed by atoms with E-state index in [4.69, 9.17) is 4.98 Å². The Hall–Kier alpha value is -2.48. The molecule has 0 saturated carbocycles. The number of amides is 1. The zero-order valence-electron chi connectivity index (χ0n) is 16.1.